The van der Waals surface area contributed by atoms with Crippen LogP contribution >= 0.6 is 12.2 Å². The Kier molecular flexibility index (Phi) is 3.76. The van der Waals surface area contributed by atoms with Crippen LogP contribution in [0.25, 0.3) is 11.0 Å². The molecule has 6 heteroatoms. The number of rotatable bonds is 3. The van der Waals surface area contributed by atoms with E-state index < -0.39 is 0 Å². The number of benzene rings is 1. The first-order valence-electron chi connectivity index (χ1n) is 8.25. The fraction of sp³-hybridized carbons (Fsp3) is 0.333. The highest BCUT2D eigenvalue weighted by Crippen LogP contribution is 2.33. The number of thiocarbonyl (C=S) groups is 1. The minimum atomic E-state index is 0.371. The van der Waals surface area contributed by atoms with Gasteiger partial charge >= 0.3 is 0 Å². The zero-order valence-electron chi connectivity index (χ0n) is 13.6. The molecule has 0 unspecified atom stereocenters. The summed E-state index contributed by atoms with van der Waals surface area (Å²) in [5, 5.41) is 5.61. The van der Waals surface area contributed by atoms with Crippen molar-refractivity contribution in [3.8, 4) is 0 Å². The highest BCUT2D eigenvalue weighted by Gasteiger charge is 2.25. The van der Waals surface area contributed by atoms with Crippen molar-refractivity contribution < 1.29 is 0 Å². The first kappa shape index (κ1) is 15.2. The summed E-state index contributed by atoms with van der Waals surface area (Å²) < 4.78 is 2.01. The molecule has 0 radical (unpaired) electrons. The van der Waals surface area contributed by atoms with Crippen molar-refractivity contribution in [3.63, 3.8) is 0 Å². The van der Waals surface area contributed by atoms with Crippen LogP contribution in [0.1, 0.15) is 48.5 Å². The molecule has 0 bridgehead atoms. The van der Waals surface area contributed by atoms with Gasteiger partial charge in [-0.3, -0.25) is 0 Å². The zero-order chi connectivity index (χ0) is 16.7. The predicted molar refractivity (Wildman–Crippen MR) is 99.2 cm³/mol. The summed E-state index contributed by atoms with van der Waals surface area (Å²) in [6.07, 6.45) is 6.20. The van der Waals surface area contributed by atoms with Gasteiger partial charge in [-0.1, -0.05) is 54.9 Å². The molecule has 3 aromatic rings. The first-order valence-corrected chi connectivity index (χ1v) is 8.66. The molecule has 1 aliphatic carbocycles. The second-order valence-electron chi connectivity index (χ2n) is 6.39. The van der Waals surface area contributed by atoms with E-state index in [1.165, 1.54) is 24.7 Å². The fourth-order valence-electron chi connectivity index (χ4n) is 3.48. The van der Waals surface area contributed by atoms with E-state index in [2.05, 4.69) is 29.0 Å². The smallest absolute Gasteiger partial charge is 0.164 e. The molecule has 1 saturated carbocycles. The van der Waals surface area contributed by atoms with Crippen molar-refractivity contribution >= 4 is 33.9 Å². The normalized spacial score (nSPS) is 15.2. The van der Waals surface area contributed by atoms with Crippen LogP contribution in [-0.2, 0) is 0 Å². The van der Waals surface area contributed by atoms with Gasteiger partial charge in [0.05, 0.1) is 16.3 Å². The fourth-order valence-corrected chi connectivity index (χ4v) is 3.75. The maximum Gasteiger partial charge on any atom is 0.164 e. The summed E-state index contributed by atoms with van der Waals surface area (Å²) in [5.41, 5.74) is 9.80. The van der Waals surface area contributed by atoms with E-state index in [-0.39, 0.29) is 0 Å². The van der Waals surface area contributed by atoms with Crippen LogP contribution in [0.4, 0.5) is 5.82 Å². The molecule has 0 spiro atoms. The quantitative estimate of drug-likeness (QED) is 0.584. The minimum Gasteiger partial charge on any atom is -0.383 e. The number of hydrogen-bond acceptors (Lipinski definition) is 5. The highest BCUT2D eigenvalue weighted by atomic mass is 32.1. The SMILES string of the molecule is Cc1cccc(C(=S)c2nn(C3CCCC3)c3ncnc(N)c23)c1. The number of anilines is 1. The number of nitrogens with zero attached hydrogens (tertiary/aromatic N) is 4. The van der Waals surface area contributed by atoms with E-state index in [1.807, 2.05) is 16.8 Å². The summed E-state index contributed by atoms with van der Waals surface area (Å²) in [6.45, 7) is 2.05. The van der Waals surface area contributed by atoms with Gasteiger partial charge in [0, 0.05) is 0 Å². The van der Waals surface area contributed by atoms with Crippen LogP contribution in [0.5, 0.6) is 0 Å². The lowest BCUT2D eigenvalue weighted by molar-refractivity contribution is 0.478. The minimum absolute atomic E-state index is 0.371. The molecule has 0 amide bonds. The Bertz CT molecular complexity index is 924. The number of hydrogen-bond donors (Lipinski definition) is 1. The molecule has 2 N–H and O–H groups in total. The summed E-state index contributed by atoms with van der Waals surface area (Å²) in [7, 11) is 0. The van der Waals surface area contributed by atoms with Crippen molar-refractivity contribution in [3.05, 3.63) is 47.4 Å². The molecule has 0 saturated heterocycles. The molecule has 24 heavy (non-hydrogen) atoms. The van der Waals surface area contributed by atoms with Gasteiger partial charge in [0.15, 0.2) is 5.65 Å². The van der Waals surface area contributed by atoms with E-state index in [1.54, 1.807) is 0 Å². The number of nitrogen functional groups attached to an aromatic ring is 1. The van der Waals surface area contributed by atoms with Crippen molar-refractivity contribution in [1.82, 2.24) is 19.7 Å². The molecule has 2 heterocycles. The van der Waals surface area contributed by atoms with E-state index in [0.717, 1.165) is 35.1 Å². The van der Waals surface area contributed by atoms with Crippen molar-refractivity contribution in [2.45, 2.75) is 38.6 Å². The molecule has 0 aliphatic heterocycles. The summed E-state index contributed by atoms with van der Waals surface area (Å²) >= 11 is 5.73. The number of aromatic nitrogens is 4. The average molecular weight is 337 g/mol. The Balaban J connectivity index is 1.90. The molecule has 122 valence electrons. The Morgan fingerprint density at radius 2 is 2.04 bits per heavy atom. The Labute approximate surface area is 145 Å². The maximum absolute atomic E-state index is 6.15. The lowest BCUT2D eigenvalue weighted by Gasteiger charge is -2.10. The zero-order valence-corrected chi connectivity index (χ0v) is 14.4. The first-order chi connectivity index (χ1) is 11.6. The molecular weight excluding hydrogens is 318 g/mol. The second kappa shape index (κ2) is 5.94. The van der Waals surface area contributed by atoms with Crippen LogP contribution in [0.2, 0.25) is 0 Å². The lowest BCUT2D eigenvalue weighted by Crippen LogP contribution is -2.09. The van der Waals surface area contributed by atoms with Crippen LogP contribution in [0.15, 0.2) is 30.6 Å². The lowest BCUT2D eigenvalue weighted by atomic mass is 10.1. The molecule has 5 nitrogen and oxygen atoms in total. The summed E-state index contributed by atoms with van der Waals surface area (Å²) in [5.74, 6) is 0.439. The highest BCUT2D eigenvalue weighted by molar-refractivity contribution is 7.81. The van der Waals surface area contributed by atoms with Gasteiger partial charge in [0.1, 0.15) is 17.8 Å². The average Bonchev–Trinajstić information content (AvgIpc) is 3.22. The standard InChI is InChI=1S/C18H19N5S/c1-11-5-4-6-12(9-11)16(24)15-14-17(19)20-10-21-18(14)23(22-15)13-7-2-3-8-13/h4-6,9-10,13H,2-3,7-8H2,1H3,(H2,19,20,21). The summed E-state index contributed by atoms with van der Waals surface area (Å²) in [4.78, 5) is 9.30. The largest absolute Gasteiger partial charge is 0.383 e. The van der Waals surface area contributed by atoms with Crippen molar-refractivity contribution in [2.75, 3.05) is 5.73 Å². The van der Waals surface area contributed by atoms with Gasteiger partial charge < -0.3 is 5.73 Å². The van der Waals surface area contributed by atoms with E-state index in [4.69, 9.17) is 23.1 Å². The van der Waals surface area contributed by atoms with E-state index >= 15 is 0 Å². The second-order valence-corrected chi connectivity index (χ2v) is 6.80. The van der Waals surface area contributed by atoms with Gasteiger partial charge in [-0.15, -0.1) is 0 Å². The molecule has 2 aromatic heterocycles. The van der Waals surface area contributed by atoms with E-state index in [0.29, 0.717) is 16.7 Å². The van der Waals surface area contributed by atoms with Crippen LogP contribution in [0.3, 0.4) is 0 Å². The van der Waals surface area contributed by atoms with Gasteiger partial charge in [0.25, 0.3) is 0 Å². The Morgan fingerprint density at radius 3 is 2.79 bits per heavy atom. The molecule has 1 aromatic carbocycles. The third kappa shape index (κ3) is 2.47. The van der Waals surface area contributed by atoms with Crippen molar-refractivity contribution in [1.29, 1.82) is 0 Å². The topological polar surface area (TPSA) is 69.6 Å². The Hall–Kier alpha value is -2.34. The van der Waals surface area contributed by atoms with Crippen molar-refractivity contribution in [2.24, 2.45) is 0 Å². The van der Waals surface area contributed by atoms with E-state index in [9.17, 15) is 0 Å². The van der Waals surface area contributed by atoms with Gasteiger partial charge in [-0.05, 0) is 25.3 Å². The number of aryl methyl sites for hydroxylation is 1. The predicted octanol–water partition coefficient (Wildman–Crippen LogP) is 3.60. The Morgan fingerprint density at radius 1 is 1.25 bits per heavy atom. The monoisotopic (exact) mass is 337 g/mol. The van der Waals surface area contributed by atoms with Crippen LogP contribution < -0.4 is 5.73 Å². The van der Waals surface area contributed by atoms with Gasteiger partial charge in [-0.25, -0.2) is 14.6 Å². The van der Waals surface area contributed by atoms with Gasteiger partial charge in [-0.2, -0.15) is 5.10 Å². The molecule has 1 fully saturated rings. The third-order valence-corrected chi connectivity index (χ3v) is 5.11. The number of nitrogens with two attached hydrogens (primary N) is 1. The van der Waals surface area contributed by atoms with Crippen LogP contribution in [-0.4, -0.2) is 24.6 Å². The molecule has 0 atom stereocenters. The summed E-state index contributed by atoms with van der Waals surface area (Å²) in [6, 6.07) is 8.51. The molecule has 4 rings (SSSR count). The third-order valence-electron chi connectivity index (χ3n) is 4.68. The molecule has 1 aliphatic rings. The van der Waals surface area contributed by atoms with Crippen LogP contribution in [0, 0.1) is 6.92 Å². The maximum atomic E-state index is 6.15. The van der Waals surface area contributed by atoms with Gasteiger partial charge in [0.2, 0.25) is 0 Å². The molecular formula is C18H19N5S. The number of fused-ring (bicyclic) bond motifs is 1.